The molecule has 1 aliphatic heterocycles. The number of nitrogens with zero attached hydrogens (tertiary/aromatic N) is 4. The van der Waals surface area contributed by atoms with E-state index in [1.807, 2.05) is 0 Å². The van der Waals surface area contributed by atoms with E-state index in [4.69, 9.17) is 0 Å². The Hall–Kier alpha value is -2.52. The van der Waals surface area contributed by atoms with Crippen LogP contribution in [-0.4, -0.2) is 38.7 Å². The number of amides is 1. The van der Waals surface area contributed by atoms with Gasteiger partial charge in [0.25, 0.3) is 11.6 Å². The van der Waals surface area contributed by atoms with Crippen LogP contribution < -0.4 is 10.6 Å². The quantitative estimate of drug-likeness (QED) is 0.630. The van der Waals surface area contributed by atoms with Gasteiger partial charge in [-0.1, -0.05) is 6.07 Å². The molecule has 3 rings (SSSR count). The van der Waals surface area contributed by atoms with Crippen molar-refractivity contribution in [1.82, 2.24) is 20.1 Å². The lowest BCUT2D eigenvalue weighted by molar-refractivity contribution is -0.384. The van der Waals surface area contributed by atoms with Crippen molar-refractivity contribution in [3.05, 3.63) is 45.8 Å². The summed E-state index contributed by atoms with van der Waals surface area (Å²) in [7, 11) is 1.71. The normalized spacial score (nSPS) is 14.6. The van der Waals surface area contributed by atoms with Gasteiger partial charge in [-0.3, -0.25) is 20.2 Å². The number of carbonyl (C=O) groups excluding carboxylic acids is 1. The maximum atomic E-state index is 12.3. The summed E-state index contributed by atoms with van der Waals surface area (Å²) < 4.78 is 1.52. The van der Waals surface area contributed by atoms with Crippen molar-refractivity contribution in [2.75, 3.05) is 18.4 Å². The Morgan fingerprint density at radius 3 is 2.80 bits per heavy atom. The summed E-state index contributed by atoms with van der Waals surface area (Å²) in [5.74, 6) is 0.875. The third-order valence-electron chi connectivity index (χ3n) is 4.03. The molecule has 9 nitrogen and oxygen atoms in total. The molecule has 0 saturated carbocycles. The predicted molar refractivity (Wildman–Crippen MR) is 94.1 cm³/mol. The minimum atomic E-state index is -0.533. The number of hydrogen-bond acceptors (Lipinski definition) is 6. The van der Waals surface area contributed by atoms with E-state index in [1.54, 1.807) is 7.05 Å². The van der Waals surface area contributed by atoms with Crippen LogP contribution in [0.3, 0.4) is 0 Å². The molecular weight excluding hydrogens is 348 g/mol. The van der Waals surface area contributed by atoms with Crippen LogP contribution in [0.4, 0.5) is 11.6 Å². The lowest BCUT2D eigenvalue weighted by atomic mass is 9.98. The molecule has 1 saturated heterocycles. The Morgan fingerprint density at radius 2 is 2.12 bits per heavy atom. The van der Waals surface area contributed by atoms with E-state index in [0.717, 1.165) is 25.9 Å². The van der Waals surface area contributed by atoms with Gasteiger partial charge in [0.15, 0.2) is 5.82 Å². The van der Waals surface area contributed by atoms with Crippen LogP contribution in [0.2, 0.25) is 0 Å². The Balaban J connectivity index is 0.00000225. The molecule has 1 aromatic heterocycles. The second-order valence-corrected chi connectivity index (χ2v) is 5.70. The summed E-state index contributed by atoms with van der Waals surface area (Å²) in [6.45, 7) is 1.86. The molecule has 2 heterocycles. The van der Waals surface area contributed by atoms with Crippen molar-refractivity contribution in [2.24, 2.45) is 7.05 Å². The first-order chi connectivity index (χ1) is 11.5. The number of nitrogens with one attached hydrogen (secondary N) is 2. The van der Waals surface area contributed by atoms with Crippen LogP contribution in [-0.2, 0) is 7.05 Å². The minimum Gasteiger partial charge on any atom is -0.317 e. The lowest BCUT2D eigenvalue weighted by Gasteiger charge is -2.19. The zero-order valence-corrected chi connectivity index (χ0v) is 14.5. The topological polar surface area (TPSA) is 115 Å². The third-order valence-corrected chi connectivity index (χ3v) is 4.03. The summed E-state index contributed by atoms with van der Waals surface area (Å²) in [5, 5.41) is 21.1. The molecule has 0 spiro atoms. The number of rotatable bonds is 4. The standard InChI is InChI=1S/C15H18N6O3.ClH/c1-20-15(17-13(19-20)10-5-7-16-8-6-10)18-14(22)11-3-2-4-12(9-11)21(23)24;/h2-4,9-10,16H,5-8H2,1H3,(H,17,18,19,22);1H. The van der Waals surface area contributed by atoms with Crippen LogP contribution in [0.1, 0.15) is 34.9 Å². The average molecular weight is 367 g/mol. The Morgan fingerprint density at radius 1 is 1.40 bits per heavy atom. The molecule has 0 atom stereocenters. The summed E-state index contributed by atoms with van der Waals surface area (Å²) >= 11 is 0. The van der Waals surface area contributed by atoms with Crippen molar-refractivity contribution >= 4 is 29.9 Å². The number of non-ortho nitro benzene ring substituents is 1. The highest BCUT2D eigenvalue weighted by atomic mass is 35.5. The number of hydrogen-bond donors (Lipinski definition) is 2. The third kappa shape index (κ3) is 4.31. The van der Waals surface area contributed by atoms with Gasteiger partial charge in [-0.15, -0.1) is 12.4 Å². The number of benzene rings is 1. The second kappa shape index (κ2) is 8.04. The van der Waals surface area contributed by atoms with E-state index < -0.39 is 10.8 Å². The van der Waals surface area contributed by atoms with Crippen LogP contribution >= 0.6 is 12.4 Å². The zero-order valence-electron chi connectivity index (χ0n) is 13.6. The number of nitro benzene ring substituents is 1. The van der Waals surface area contributed by atoms with E-state index >= 15 is 0 Å². The first-order valence-corrected chi connectivity index (χ1v) is 7.72. The second-order valence-electron chi connectivity index (χ2n) is 5.70. The molecule has 2 aromatic rings. The van der Waals surface area contributed by atoms with Crippen molar-refractivity contribution in [3.8, 4) is 0 Å². The van der Waals surface area contributed by atoms with E-state index in [9.17, 15) is 14.9 Å². The van der Waals surface area contributed by atoms with Crippen LogP contribution in [0.5, 0.6) is 0 Å². The maximum Gasteiger partial charge on any atom is 0.270 e. The highest BCUT2D eigenvalue weighted by Gasteiger charge is 2.21. The van der Waals surface area contributed by atoms with Crippen LogP contribution in [0.25, 0.3) is 0 Å². The fourth-order valence-corrected chi connectivity index (χ4v) is 2.70. The van der Waals surface area contributed by atoms with Gasteiger partial charge < -0.3 is 5.32 Å². The number of carbonyl (C=O) groups is 1. The molecule has 1 amide bonds. The molecule has 0 bridgehead atoms. The maximum absolute atomic E-state index is 12.3. The Kier molecular flexibility index (Phi) is 6.05. The van der Waals surface area contributed by atoms with Crippen molar-refractivity contribution in [1.29, 1.82) is 0 Å². The zero-order chi connectivity index (χ0) is 17.1. The van der Waals surface area contributed by atoms with E-state index in [2.05, 4.69) is 20.7 Å². The molecule has 1 aliphatic rings. The number of aryl methyl sites for hydroxylation is 1. The van der Waals surface area contributed by atoms with Gasteiger partial charge in [0, 0.05) is 30.7 Å². The Bertz CT molecular complexity index is 772. The van der Waals surface area contributed by atoms with Crippen molar-refractivity contribution < 1.29 is 9.72 Å². The summed E-state index contributed by atoms with van der Waals surface area (Å²) in [6.07, 6.45) is 1.92. The van der Waals surface area contributed by atoms with Crippen LogP contribution in [0.15, 0.2) is 24.3 Å². The molecule has 10 heteroatoms. The van der Waals surface area contributed by atoms with E-state index in [1.165, 1.54) is 28.9 Å². The molecular formula is C15H19ClN6O3. The van der Waals surface area contributed by atoms with Crippen molar-refractivity contribution in [3.63, 3.8) is 0 Å². The molecule has 134 valence electrons. The van der Waals surface area contributed by atoms with Gasteiger partial charge in [0.05, 0.1) is 4.92 Å². The fourth-order valence-electron chi connectivity index (χ4n) is 2.70. The van der Waals surface area contributed by atoms with Gasteiger partial charge in [-0.2, -0.15) is 10.1 Å². The minimum absolute atomic E-state index is 0. The number of anilines is 1. The highest BCUT2D eigenvalue weighted by molar-refractivity contribution is 6.03. The summed E-state index contributed by atoms with van der Waals surface area (Å²) in [4.78, 5) is 27.0. The SMILES string of the molecule is Cl.Cn1nc(C2CCNCC2)nc1NC(=O)c1cccc([N+](=O)[O-])c1. The average Bonchev–Trinajstić information content (AvgIpc) is 2.96. The van der Waals surface area contributed by atoms with Gasteiger partial charge in [0.2, 0.25) is 5.95 Å². The highest BCUT2D eigenvalue weighted by Crippen LogP contribution is 2.23. The molecule has 0 radical (unpaired) electrons. The largest absolute Gasteiger partial charge is 0.317 e. The number of halogens is 1. The first-order valence-electron chi connectivity index (χ1n) is 7.72. The number of aromatic nitrogens is 3. The summed E-state index contributed by atoms with van der Waals surface area (Å²) in [5.41, 5.74) is 0.0756. The predicted octanol–water partition coefficient (Wildman–Crippen LogP) is 1.86. The molecule has 1 aromatic carbocycles. The summed E-state index contributed by atoms with van der Waals surface area (Å²) in [6, 6.07) is 5.57. The van der Waals surface area contributed by atoms with Gasteiger partial charge in [-0.05, 0) is 32.0 Å². The first kappa shape index (κ1) is 18.8. The molecule has 0 aliphatic carbocycles. The van der Waals surface area contributed by atoms with E-state index in [0.29, 0.717) is 11.8 Å². The number of nitro groups is 1. The van der Waals surface area contributed by atoms with Gasteiger partial charge >= 0.3 is 0 Å². The van der Waals surface area contributed by atoms with Gasteiger partial charge in [-0.25, -0.2) is 4.68 Å². The lowest BCUT2D eigenvalue weighted by Crippen LogP contribution is -2.27. The Labute approximate surface area is 150 Å². The smallest absolute Gasteiger partial charge is 0.270 e. The monoisotopic (exact) mass is 366 g/mol. The molecule has 1 fully saturated rings. The van der Waals surface area contributed by atoms with Crippen LogP contribution in [0, 0.1) is 10.1 Å². The molecule has 2 N–H and O–H groups in total. The number of piperidine rings is 1. The van der Waals surface area contributed by atoms with Crippen molar-refractivity contribution in [2.45, 2.75) is 18.8 Å². The van der Waals surface area contributed by atoms with Gasteiger partial charge in [0.1, 0.15) is 0 Å². The fraction of sp³-hybridized carbons (Fsp3) is 0.400. The molecule has 25 heavy (non-hydrogen) atoms. The van der Waals surface area contributed by atoms with E-state index in [-0.39, 0.29) is 29.6 Å². The molecule has 0 unspecified atom stereocenters.